The van der Waals surface area contributed by atoms with Gasteiger partial charge in [0.15, 0.2) is 0 Å². The Bertz CT molecular complexity index is 344. The van der Waals surface area contributed by atoms with Crippen molar-refractivity contribution in [3.8, 4) is 0 Å². The molecule has 18 heavy (non-hydrogen) atoms. The van der Waals surface area contributed by atoms with Crippen molar-refractivity contribution in [1.82, 2.24) is 5.09 Å². The van der Waals surface area contributed by atoms with Crippen LogP contribution in [0.3, 0.4) is 0 Å². The molecule has 0 amide bonds. The molecule has 7 heteroatoms. The minimum atomic E-state index is -3.75. The Labute approximate surface area is 108 Å². The molecule has 0 saturated heterocycles. The lowest BCUT2D eigenvalue weighted by atomic mass is 10.1. The Morgan fingerprint density at radius 2 is 1.89 bits per heavy atom. The smallest absolute Gasteiger partial charge is 0.335 e. The fraction of sp³-hybridized carbons (Fsp3) is 0.818. The van der Waals surface area contributed by atoms with E-state index in [2.05, 4.69) is 5.09 Å². The largest absolute Gasteiger partial charge is 0.480 e. The fourth-order valence-electron chi connectivity index (χ4n) is 1.10. The molecule has 106 valence electrons. The molecular formula is C11H22NO5P. The van der Waals surface area contributed by atoms with Gasteiger partial charge < -0.3 is 9.63 Å². The number of carbonyl (C=O) groups excluding carboxylic acids is 1. The van der Waals surface area contributed by atoms with Crippen molar-refractivity contribution < 1.29 is 23.8 Å². The summed E-state index contributed by atoms with van der Waals surface area (Å²) in [6.45, 7) is 6.78. The molecule has 0 heterocycles. The molecule has 0 fully saturated rings. The summed E-state index contributed by atoms with van der Waals surface area (Å²) in [5.41, 5.74) is -0.662. The van der Waals surface area contributed by atoms with Crippen molar-refractivity contribution in [3.63, 3.8) is 0 Å². The van der Waals surface area contributed by atoms with Crippen LogP contribution in [0.2, 0.25) is 0 Å². The summed E-state index contributed by atoms with van der Waals surface area (Å²) in [4.78, 5) is 22.3. The van der Waals surface area contributed by atoms with E-state index in [4.69, 9.17) is 9.63 Å². The van der Waals surface area contributed by atoms with Crippen LogP contribution in [-0.2, 0) is 18.7 Å². The summed E-state index contributed by atoms with van der Waals surface area (Å²) in [5.74, 6) is -0.990. The van der Waals surface area contributed by atoms with Gasteiger partial charge in [0.25, 0.3) is 0 Å². The van der Waals surface area contributed by atoms with Crippen molar-refractivity contribution in [2.24, 2.45) is 5.92 Å². The highest BCUT2D eigenvalue weighted by molar-refractivity contribution is 7.74. The Balaban J connectivity index is 4.77. The quantitative estimate of drug-likeness (QED) is 0.629. The maximum atomic E-state index is 12.3. The van der Waals surface area contributed by atoms with Gasteiger partial charge in [-0.2, -0.15) is 0 Å². The molecule has 0 aliphatic carbocycles. The summed E-state index contributed by atoms with van der Waals surface area (Å²) >= 11 is 0. The normalized spacial score (nSPS) is 17.8. The van der Waals surface area contributed by atoms with Gasteiger partial charge in [0.1, 0.15) is 6.04 Å². The Kier molecular flexibility index (Phi) is 7.36. The van der Waals surface area contributed by atoms with Crippen molar-refractivity contribution >= 4 is 19.0 Å². The average Bonchev–Trinajstić information content (AvgIpc) is 2.32. The first-order chi connectivity index (χ1) is 8.26. The van der Waals surface area contributed by atoms with Crippen LogP contribution in [0.1, 0.15) is 40.5 Å². The molecule has 0 aliphatic heterocycles. The SMILES string of the molecule is CCC(C)COP(=O)(NC(CC)C(=O)O)C(C)=O. The Hall–Kier alpha value is -0.710. The van der Waals surface area contributed by atoms with Crippen LogP contribution in [-0.4, -0.2) is 29.2 Å². The molecule has 3 unspecified atom stereocenters. The van der Waals surface area contributed by atoms with E-state index in [1.54, 1.807) is 6.92 Å². The van der Waals surface area contributed by atoms with Gasteiger partial charge in [-0.05, 0) is 12.3 Å². The van der Waals surface area contributed by atoms with Gasteiger partial charge in [-0.25, -0.2) is 5.09 Å². The minimum Gasteiger partial charge on any atom is -0.480 e. The highest BCUT2D eigenvalue weighted by atomic mass is 31.2. The number of aliphatic carboxylic acids is 1. The first-order valence-corrected chi connectivity index (χ1v) is 7.65. The average molecular weight is 279 g/mol. The number of hydrogen-bond donors (Lipinski definition) is 2. The number of carboxylic acids is 1. The molecule has 0 bridgehead atoms. The lowest BCUT2D eigenvalue weighted by Crippen LogP contribution is -2.36. The second kappa shape index (κ2) is 7.67. The molecular weight excluding hydrogens is 257 g/mol. The highest BCUT2D eigenvalue weighted by Gasteiger charge is 2.34. The summed E-state index contributed by atoms with van der Waals surface area (Å²) in [7, 11) is -3.75. The van der Waals surface area contributed by atoms with Crippen molar-refractivity contribution in [2.45, 2.75) is 46.6 Å². The van der Waals surface area contributed by atoms with Crippen molar-refractivity contribution in [3.05, 3.63) is 0 Å². The van der Waals surface area contributed by atoms with E-state index >= 15 is 0 Å². The number of hydrogen-bond acceptors (Lipinski definition) is 4. The molecule has 0 saturated carbocycles. The molecule has 0 radical (unpaired) electrons. The van der Waals surface area contributed by atoms with Gasteiger partial charge in [-0.3, -0.25) is 14.2 Å². The maximum absolute atomic E-state index is 12.3. The minimum absolute atomic E-state index is 0.157. The van der Waals surface area contributed by atoms with E-state index in [1.165, 1.54) is 0 Å². The van der Waals surface area contributed by atoms with E-state index < -0.39 is 25.1 Å². The zero-order valence-electron chi connectivity index (χ0n) is 11.3. The molecule has 3 atom stereocenters. The summed E-state index contributed by atoms with van der Waals surface area (Å²) in [6, 6.07) is -1.04. The standard InChI is InChI=1S/C11H22NO5P/c1-5-8(3)7-17-18(16,9(4)13)12-10(6-2)11(14)15/h8,10H,5-7H2,1-4H3,(H,12,16)(H,14,15). The second-order valence-electron chi connectivity index (χ2n) is 4.31. The third kappa shape index (κ3) is 5.29. The van der Waals surface area contributed by atoms with E-state index in [0.29, 0.717) is 0 Å². The monoisotopic (exact) mass is 279 g/mol. The Morgan fingerprint density at radius 3 is 2.22 bits per heavy atom. The van der Waals surface area contributed by atoms with Gasteiger partial charge in [0.05, 0.1) is 6.61 Å². The number of carbonyl (C=O) groups is 2. The van der Waals surface area contributed by atoms with E-state index in [0.717, 1.165) is 13.3 Å². The van der Waals surface area contributed by atoms with Crippen LogP contribution in [0.15, 0.2) is 0 Å². The molecule has 0 aromatic carbocycles. The first kappa shape index (κ1) is 17.3. The van der Waals surface area contributed by atoms with Crippen LogP contribution in [0.4, 0.5) is 0 Å². The Morgan fingerprint density at radius 1 is 1.33 bits per heavy atom. The van der Waals surface area contributed by atoms with Crippen molar-refractivity contribution in [1.29, 1.82) is 0 Å². The zero-order valence-corrected chi connectivity index (χ0v) is 12.2. The molecule has 0 aromatic heterocycles. The summed E-state index contributed by atoms with van der Waals surface area (Å²) in [5, 5.41) is 11.2. The van der Waals surface area contributed by atoms with E-state index in [9.17, 15) is 14.2 Å². The second-order valence-corrected chi connectivity index (χ2v) is 6.56. The molecule has 0 spiro atoms. The predicted molar refractivity (Wildman–Crippen MR) is 68.5 cm³/mol. The number of rotatable bonds is 9. The van der Waals surface area contributed by atoms with E-state index in [1.807, 2.05) is 13.8 Å². The third-order valence-electron chi connectivity index (χ3n) is 2.68. The van der Waals surface area contributed by atoms with Crippen LogP contribution in [0.5, 0.6) is 0 Å². The van der Waals surface area contributed by atoms with Crippen LogP contribution in [0, 0.1) is 5.92 Å². The van der Waals surface area contributed by atoms with Gasteiger partial charge in [-0.15, -0.1) is 0 Å². The maximum Gasteiger partial charge on any atom is 0.335 e. The molecule has 2 N–H and O–H groups in total. The lowest BCUT2D eigenvalue weighted by Gasteiger charge is -2.22. The first-order valence-electron chi connectivity index (χ1n) is 6.03. The van der Waals surface area contributed by atoms with Crippen LogP contribution in [0.25, 0.3) is 0 Å². The zero-order chi connectivity index (χ0) is 14.3. The van der Waals surface area contributed by atoms with Gasteiger partial charge in [0, 0.05) is 6.92 Å². The predicted octanol–water partition coefficient (Wildman–Crippen LogP) is 2.24. The molecule has 0 aromatic rings. The highest BCUT2D eigenvalue weighted by Crippen LogP contribution is 2.44. The lowest BCUT2D eigenvalue weighted by molar-refractivity contribution is -0.139. The summed E-state index contributed by atoms with van der Waals surface area (Å²) < 4.78 is 17.4. The van der Waals surface area contributed by atoms with Gasteiger partial charge in [0.2, 0.25) is 5.52 Å². The van der Waals surface area contributed by atoms with E-state index in [-0.39, 0.29) is 18.9 Å². The number of nitrogens with one attached hydrogen (secondary N) is 1. The number of carboxylic acid groups (broad SMARTS) is 1. The summed E-state index contributed by atoms with van der Waals surface area (Å²) in [6.07, 6.45) is 1.05. The third-order valence-corrected chi connectivity index (χ3v) is 4.68. The van der Waals surface area contributed by atoms with Gasteiger partial charge in [-0.1, -0.05) is 27.2 Å². The van der Waals surface area contributed by atoms with Crippen molar-refractivity contribution in [2.75, 3.05) is 6.61 Å². The molecule has 6 nitrogen and oxygen atoms in total. The van der Waals surface area contributed by atoms with Crippen LogP contribution < -0.4 is 5.09 Å². The van der Waals surface area contributed by atoms with Crippen LogP contribution >= 0.6 is 7.52 Å². The molecule has 0 aliphatic rings. The fourth-order valence-corrected chi connectivity index (χ4v) is 2.70. The van der Waals surface area contributed by atoms with Gasteiger partial charge >= 0.3 is 13.5 Å². The molecule has 0 rings (SSSR count). The topological polar surface area (TPSA) is 92.7 Å².